The van der Waals surface area contributed by atoms with E-state index in [4.69, 9.17) is 0 Å². The molecule has 0 spiro atoms. The zero-order chi connectivity index (χ0) is 17.7. The Morgan fingerprint density at radius 1 is 1.21 bits per heavy atom. The molecule has 0 aliphatic rings. The molecule has 1 aromatic carbocycles. The van der Waals surface area contributed by atoms with Crippen molar-refractivity contribution in [3.05, 3.63) is 59.8 Å². The summed E-state index contributed by atoms with van der Waals surface area (Å²) in [7, 11) is 3.65. The third kappa shape index (κ3) is 4.62. The highest BCUT2D eigenvalue weighted by Gasteiger charge is 2.17. The van der Waals surface area contributed by atoms with Crippen LogP contribution in [0.1, 0.15) is 29.9 Å². The van der Waals surface area contributed by atoms with Crippen LogP contribution in [0.2, 0.25) is 0 Å². The predicted octanol–water partition coefficient (Wildman–Crippen LogP) is 3.22. The Balaban J connectivity index is 2.42. The van der Waals surface area contributed by atoms with Gasteiger partial charge in [0.1, 0.15) is 5.82 Å². The summed E-state index contributed by atoms with van der Waals surface area (Å²) < 4.78 is 13.1. The summed E-state index contributed by atoms with van der Waals surface area (Å²) in [6.45, 7) is 3.96. The first-order chi connectivity index (χ1) is 11.4. The maximum absolute atomic E-state index is 13.1. The van der Waals surface area contributed by atoms with Crippen LogP contribution in [0.5, 0.6) is 0 Å². The Kier molecular flexibility index (Phi) is 5.63. The number of nitrogens with zero attached hydrogens (tertiary/aromatic N) is 3. The molecule has 5 nitrogen and oxygen atoms in total. The average Bonchev–Trinajstić information content (AvgIpc) is 2.52. The number of halogens is 1. The van der Waals surface area contributed by atoms with E-state index in [2.05, 4.69) is 15.3 Å². The lowest BCUT2D eigenvalue weighted by Crippen LogP contribution is -2.15. The molecule has 2 rings (SSSR count). The number of nitrogens with one attached hydrogen (secondary N) is 1. The van der Waals surface area contributed by atoms with Crippen molar-refractivity contribution < 1.29 is 9.18 Å². The van der Waals surface area contributed by atoms with Crippen molar-refractivity contribution in [2.75, 3.05) is 19.4 Å². The Morgan fingerprint density at radius 3 is 2.46 bits per heavy atom. The van der Waals surface area contributed by atoms with Crippen LogP contribution >= 0.6 is 0 Å². The summed E-state index contributed by atoms with van der Waals surface area (Å²) in [5, 5.41) is 3.12. The molecule has 6 heteroatoms. The van der Waals surface area contributed by atoms with E-state index < -0.39 is 0 Å². The van der Waals surface area contributed by atoms with Crippen molar-refractivity contribution in [1.29, 1.82) is 0 Å². The van der Waals surface area contributed by atoms with Gasteiger partial charge in [0, 0.05) is 38.1 Å². The second kappa shape index (κ2) is 7.68. The van der Waals surface area contributed by atoms with Gasteiger partial charge in [0.15, 0.2) is 5.78 Å². The number of rotatable bonds is 6. The highest BCUT2D eigenvalue weighted by atomic mass is 19.1. The molecule has 0 aliphatic heterocycles. The van der Waals surface area contributed by atoms with Crippen LogP contribution in [0, 0.1) is 5.82 Å². The third-order valence-corrected chi connectivity index (χ3v) is 3.09. The molecule has 0 atom stereocenters. The summed E-state index contributed by atoms with van der Waals surface area (Å²) >= 11 is 0. The molecule has 1 N–H and O–H groups in total. The number of carbonyl (C=O) groups is 1. The van der Waals surface area contributed by atoms with Crippen molar-refractivity contribution in [1.82, 2.24) is 14.9 Å². The van der Waals surface area contributed by atoms with Crippen LogP contribution in [0.15, 0.2) is 42.7 Å². The Morgan fingerprint density at radius 2 is 1.88 bits per heavy atom. The zero-order valence-corrected chi connectivity index (χ0v) is 14.2. The molecule has 0 unspecified atom stereocenters. The van der Waals surface area contributed by atoms with Crippen molar-refractivity contribution in [3.8, 4) is 0 Å². The largest absolute Gasteiger partial charge is 0.383 e. The minimum atomic E-state index is -0.379. The van der Waals surface area contributed by atoms with Gasteiger partial charge in [-0.15, -0.1) is 0 Å². The monoisotopic (exact) mass is 328 g/mol. The smallest absolute Gasteiger partial charge is 0.223 e. The molecule has 0 saturated carbocycles. The van der Waals surface area contributed by atoms with Crippen LogP contribution in [-0.2, 0) is 0 Å². The van der Waals surface area contributed by atoms with Gasteiger partial charge in [-0.1, -0.05) is 0 Å². The zero-order valence-electron chi connectivity index (χ0n) is 14.2. The molecule has 1 heterocycles. The molecule has 0 fully saturated rings. The number of hydrogen-bond acceptors (Lipinski definition) is 5. The summed E-state index contributed by atoms with van der Waals surface area (Å²) in [5.74, 6) is -0.146. The fourth-order valence-corrected chi connectivity index (χ4v) is 2.09. The lowest BCUT2D eigenvalue weighted by molar-refractivity contribution is 0.105. The van der Waals surface area contributed by atoms with Gasteiger partial charge in [-0.2, -0.15) is 0 Å². The van der Waals surface area contributed by atoms with E-state index in [9.17, 15) is 9.18 Å². The fraction of sp³-hybridized carbons (Fsp3) is 0.278. The second-order valence-electron chi connectivity index (χ2n) is 5.91. The first-order valence-electron chi connectivity index (χ1n) is 7.65. The lowest BCUT2D eigenvalue weighted by atomic mass is 10.0. The standard InChI is InChI=1S/C18H21FN4O/c1-12(2)21-18-20-10-9-16(22-18)15(11-23(3)4)17(24)13-5-7-14(19)8-6-13/h5-12H,1-4H3,(H,20,21,22). The van der Waals surface area contributed by atoms with Gasteiger partial charge >= 0.3 is 0 Å². The number of Topliss-reactive ketones (excluding diaryl/α,β-unsaturated/α-hetero) is 1. The summed E-state index contributed by atoms with van der Waals surface area (Å²) in [5.41, 5.74) is 1.33. The maximum Gasteiger partial charge on any atom is 0.223 e. The van der Waals surface area contributed by atoms with Crippen molar-refractivity contribution in [2.45, 2.75) is 19.9 Å². The summed E-state index contributed by atoms with van der Waals surface area (Å²) in [6.07, 6.45) is 3.31. The minimum absolute atomic E-state index is 0.175. The van der Waals surface area contributed by atoms with Gasteiger partial charge in [-0.05, 0) is 44.2 Å². The summed E-state index contributed by atoms with van der Waals surface area (Å²) in [4.78, 5) is 23.2. The van der Waals surface area contributed by atoms with E-state index in [0.717, 1.165) is 0 Å². The molecule has 0 saturated heterocycles. The topological polar surface area (TPSA) is 58.1 Å². The number of ketones is 1. The number of anilines is 1. The number of aromatic nitrogens is 2. The van der Waals surface area contributed by atoms with Crippen LogP contribution in [0.3, 0.4) is 0 Å². The first-order valence-corrected chi connectivity index (χ1v) is 7.65. The van der Waals surface area contributed by atoms with Gasteiger partial charge in [-0.3, -0.25) is 4.79 Å². The quantitative estimate of drug-likeness (QED) is 0.652. The van der Waals surface area contributed by atoms with Crippen LogP contribution in [0.25, 0.3) is 5.57 Å². The van der Waals surface area contributed by atoms with Crippen LogP contribution < -0.4 is 5.32 Å². The van der Waals surface area contributed by atoms with E-state index in [1.165, 1.54) is 24.3 Å². The van der Waals surface area contributed by atoms with E-state index in [1.54, 1.807) is 23.4 Å². The van der Waals surface area contributed by atoms with E-state index in [1.807, 2.05) is 27.9 Å². The maximum atomic E-state index is 13.1. The van der Waals surface area contributed by atoms with Crippen molar-refractivity contribution >= 4 is 17.3 Å². The Bertz CT molecular complexity index is 739. The van der Waals surface area contributed by atoms with Gasteiger partial charge in [0.25, 0.3) is 0 Å². The Labute approximate surface area is 141 Å². The van der Waals surface area contributed by atoms with E-state index in [-0.39, 0.29) is 17.6 Å². The molecule has 0 aliphatic carbocycles. The normalized spacial score (nSPS) is 11.5. The van der Waals surface area contributed by atoms with Gasteiger partial charge in [-0.25, -0.2) is 14.4 Å². The fourth-order valence-electron chi connectivity index (χ4n) is 2.09. The molecule has 0 amide bonds. The number of benzene rings is 1. The minimum Gasteiger partial charge on any atom is -0.383 e. The van der Waals surface area contributed by atoms with Gasteiger partial charge in [0.2, 0.25) is 5.95 Å². The first kappa shape index (κ1) is 17.6. The number of hydrogen-bond donors (Lipinski definition) is 1. The van der Waals surface area contributed by atoms with Gasteiger partial charge in [0.05, 0.1) is 11.3 Å². The van der Waals surface area contributed by atoms with Crippen LogP contribution in [-0.4, -0.2) is 40.8 Å². The molecule has 2 aromatic rings. The molecular formula is C18H21FN4O. The van der Waals surface area contributed by atoms with Crippen molar-refractivity contribution in [2.24, 2.45) is 0 Å². The molecule has 1 aromatic heterocycles. The average molecular weight is 328 g/mol. The lowest BCUT2D eigenvalue weighted by Gasteiger charge is -2.13. The molecule has 0 bridgehead atoms. The Hall–Kier alpha value is -2.76. The van der Waals surface area contributed by atoms with Crippen LogP contribution in [0.4, 0.5) is 10.3 Å². The third-order valence-electron chi connectivity index (χ3n) is 3.09. The van der Waals surface area contributed by atoms with Crippen molar-refractivity contribution in [3.63, 3.8) is 0 Å². The SMILES string of the molecule is CC(C)Nc1nccc(C(=CN(C)C)C(=O)c2ccc(F)cc2)n1. The van der Waals surface area contributed by atoms with E-state index >= 15 is 0 Å². The van der Waals surface area contributed by atoms with Gasteiger partial charge < -0.3 is 10.2 Å². The number of allylic oxidation sites excluding steroid dienone is 1. The molecule has 126 valence electrons. The predicted molar refractivity (Wildman–Crippen MR) is 93.2 cm³/mol. The van der Waals surface area contributed by atoms with E-state index in [0.29, 0.717) is 22.8 Å². The molecular weight excluding hydrogens is 307 g/mol. The second-order valence-corrected chi connectivity index (χ2v) is 5.91. The highest BCUT2D eigenvalue weighted by Crippen LogP contribution is 2.20. The number of carbonyl (C=O) groups excluding carboxylic acids is 1. The molecule has 24 heavy (non-hydrogen) atoms. The summed E-state index contributed by atoms with van der Waals surface area (Å²) in [6, 6.07) is 7.33. The highest BCUT2D eigenvalue weighted by molar-refractivity contribution is 6.28. The molecule has 0 radical (unpaired) electrons.